The zero-order valence-electron chi connectivity index (χ0n) is 15.3. The first-order chi connectivity index (χ1) is 11.1. The van der Waals surface area contributed by atoms with E-state index in [4.69, 9.17) is 4.74 Å². The number of fused-ring (bicyclic) bond motifs is 2. The number of rotatable bonds is 2. The van der Waals surface area contributed by atoms with Crippen molar-refractivity contribution in [3.63, 3.8) is 0 Å². The molecule has 4 heteroatoms. The third kappa shape index (κ3) is 2.47. The van der Waals surface area contributed by atoms with Crippen LogP contribution in [0.25, 0.3) is 0 Å². The Hall–Kier alpha value is -1.71. The largest absolute Gasteiger partial charge is 0.507 e. The van der Waals surface area contributed by atoms with Gasteiger partial charge < -0.3 is 14.9 Å². The third-order valence-corrected chi connectivity index (χ3v) is 6.03. The van der Waals surface area contributed by atoms with Gasteiger partial charge in [-0.2, -0.15) is 0 Å². The number of phenols is 2. The van der Waals surface area contributed by atoms with E-state index < -0.39 is 0 Å². The highest BCUT2D eigenvalue weighted by Crippen LogP contribution is 2.56. The van der Waals surface area contributed by atoms with Crippen molar-refractivity contribution in [3.8, 4) is 17.2 Å². The summed E-state index contributed by atoms with van der Waals surface area (Å²) in [5.41, 5.74) is 0.619. The molecule has 24 heavy (non-hydrogen) atoms. The van der Waals surface area contributed by atoms with Crippen molar-refractivity contribution in [1.29, 1.82) is 0 Å². The number of ketones is 1. The molecule has 1 heterocycles. The minimum Gasteiger partial charge on any atom is -0.507 e. The van der Waals surface area contributed by atoms with Gasteiger partial charge in [-0.3, -0.25) is 4.79 Å². The van der Waals surface area contributed by atoms with Crippen LogP contribution in [-0.4, -0.2) is 21.6 Å². The van der Waals surface area contributed by atoms with Crippen LogP contribution >= 0.6 is 0 Å². The topological polar surface area (TPSA) is 66.8 Å². The van der Waals surface area contributed by atoms with E-state index in [2.05, 4.69) is 20.8 Å². The van der Waals surface area contributed by atoms with Gasteiger partial charge in [0.05, 0.1) is 0 Å². The first-order valence-electron chi connectivity index (χ1n) is 8.88. The molecule has 1 aromatic carbocycles. The lowest BCUT2D eigenvalue weighted by Gasteiger charge is -2.53. The molecule has 0 amide bonds. The SMILES string of the molecule is CC(C)C(=O)c1c(O)cc(O)c2c1O[C@]1(C)CCCC(C)(C)[C@H]1C2. The van der Waals surface area contributed by atoms with Crippen LogP contribution < -0.4 is 4.74 Å². The third-order valence-electron chi connectivity index (χ3n) is 6.03. The van der Waals surface area contributed by atoms with E-state index >= 15 is 0 Å². The van der Waals surface area contributed by atoms with Crippen molar-refractivity contribution in [2.75, 3.05) is 0 Å². The van der Waals surface area contributed by atoms with Crippen LogP contribution in [0.3, 0.4) is 0 Å². The Balaban J connectivity index is 2.18. The van der Waals surface area contributed by atoms with Gasteiger partial charge in [0.1, 0.15) is 28.4 Å². The summed E-state index contributed by atoms with van der Waals surface area (Å²) in [4.78, 5) is 12.6. The van der Waals surface area contributed by atoms with Crippen molar-refractivity contribution >= 4 is 5.78 Å². The van der Waals surface area contributed by atoms with Crippen LogP contribution in [0, 0.1) is 17.3 Å². The summed E-state index contributed by atoms with van der Waals surface area (Å²) in [7, 11) is 0. The van der Waals surface area contributed by atoms with Crippen molar-refractivity contribution < 1.29 is 19.7 Å². The Labute approximate surface area is 143 Å². The highest BCUT2D eigenvalue weighted by molar-refractivity contribution is 6.03. The smallest absolute Gasteiger partial charge is 0.172 e. The summed E-state index contributed by atoms with van der Waals surface area (Å²) in [5.74, 6) is 0.0852. The van der Waals surface area contributed by atoms with E-state index in [1.807, 2.05) is 0 Å². The standard InChI is InChI=1S/C20H28O4/c1-11(2)17(23)16-14(22)10-13(21)12-9-15-19(3,4)7-6-8-20(15,5)24-18(12)16/h10-11,15,21-22H,6-9H2,1-5H3/t15-,20-/m1/s1. The second kappa shape index (κ2) is 5.40. The first-order valence-corrected chi connectivity index (χ1v) is 8.88. The minimum absolute atomic E-state index is 0.0197. The maximum Gasteiger partial charge on any atom is 0.172 e. The van der Waals surface area contributed by atoms with Gasteiger partial charge in [-0.05, 0) is 38.0 Å². The van der Waals surface area contributed by atoms with Crippen LogP contribution in [-0.2, 0) is 6.42 Å². The van der Waals surface area contributed by atoms with Crippen molar-refractivity contribution in [2.24, 2.45) is 17.3 Å². The number of hydrogen-bond donors (Lipinski definition) is 2. The zero-order valence-corrected chi connectivity index (χ0v) is 15.3. The van der Waals surface area contributed by atoms with Gasteiger partial charge in [-0.1, -0.05) is 27.7 Å². The van der Waals surface area contributed by atoms with Gasteiger partial charge >= 0.3 is 0 Å². The number of carbonyl (C=O) groups is 1. The molecule has 1 aromatic rings. The molecule has 0 radical (unpaired) electrons. The lowest BCUT2D eigenvalue weighted by Crippen LogP contribution is -2.54. The number of benzene rings is 1. The highest BCUT2D eigenvalue weighted by Gasteiger charge is 2.52. The summed E-state index contributed by atoms with van der Waals surface area (Å²) in [6.07, 6.45) is 3.80. The van der Waals surface area contributed by atoms with Crippen LogP contribution in [0.4, 0.5) is 0 Å². The van der Waals surface area contributed by atoms with Crippen LogP contribution in [0.5, 0.6) is 17.2 Å². The highest BCUT2D eigenvalue weighted by atomic mass is 16.5. The maximum absolute atomic E-state index is 12.6. The molecule has 0 bridgehead atoms. The number of carbonyl (C=O) groups excluding carboxylic acids is 1. The molecule has 1 saturated carbocycles. The number of hydrogen-bond acceptors (Lipinski definition) is 4. The minimum atomic E-state index is -0.374. The monoisotopic (exact) mass is 332 g/mol. The van der Waals surface area contributed by atoms with Gasteiger partial charge in [0, 0.05) is 23.5 Å². The van der Waals surface area contributed by atoms with E-state index in [1.165, 1.54) is 6.07 Å². The van der Waals surface area contributed by atoms with E-state index in [0.29, 0.717) is 17.7 Å². The molecule has 0 saturated heterocycles. The number of phenolic OH excluding ortho intramolecular Hbond substituents is 2. The van der Waals surface area contributed by atoms with E-state index in [1.54, 1.807) is 13.8 Å². The Kier molecular flexibility index (Phi) is 3.85. The molecule has 3 rings (SSSR count). The molecule has 1 aliphatic heterocycles. The summed E-state index contributed by atoms with van der Waals surface area (Å²) in [5, 5.41) is 20.7. The van der Waals surface area contributed by atoms with E-state index in [0.717, 1.165) is 19.3 Å². The Morgan fingerprint density at radius 3 is 2.50 bits per heavy atom. The summed E-state index contributed by atoms with van der Waals surface area (Å²) in [6.45, 7) is 10.2. The molecular weight excluding hydrogens is 304 g/mol. The normalized spacial score (nSPS) is 28.0. The molecule has 1 fully saturated rings. The van der Waals surface area contributed by atoms with Crippen molar-refractivity contribution in [2.45, 2.75) is 65.9 Å². The molecule has 2 atom stereocenters. The van der Waals surface area contributed by atoms with Gasteiger partial charge in [0.15, 0.2) is 5.78 Å². The fraction of sp³-hybridized carbons (Fsp3) is 0.650. The number of aromatic hydroxyl groups is 2. The maximum atomic E-state index is 12.6. The molecular formula is C20H28O4. The summed E-state index contributed by atoms with van der Waals surface area (Å²) in [6, 6.07) is 1.29. The van der Waals surface area contributed by atoms with Crippen LogP contribution in [0.1, 0.15) is 69.8 Å². The first kappa shape index (κ1) is 17.1. The molecule has 1 aliphatic carbocycles. The Bertz CT molecular complexity index is 689. The fourth-order valence-electron chi connectivity index (χ4n) is 4.63. The second-order valence-electron chi connectivity index (χ2n) is 8.63. The van der Waals surface area contributed by atoms with E-state index in [9.17, 15) is 15.0 Å². The fourth-order valence-corrected chi connectivity index (χ4v) is 4.63. The van der Waals surface area contributed by atoms with Gasteiger partial charge in [0.25, 0.3) is 0 Å². The lowest BCUT2D eigenvalue weighted by molar-refractivity contribution is -0.0823. The molecule has 0 unspecified atom stereocenters. The number of Topliss-reactive ketones (excluding diaryl/α,β-unsaturated/α-hetero) is 1. The predicted octanol–water partition coefficient (Wildman–Crippen LogP) is 4.46. The van der Waals surface area contributed by atoms with Crippen LogP contribution in [0.15, 0.2) is 6.07 Å². The van der Waals surface area contributed by atoms with Crippen molar-refractivity contribution in [3.05, 3.63) is 17.2 Å². The molecule has 0 spiro atoms. The molecule has 132 valence electrons. The van der Waals surface area contributed by atoms with Gasteiger partial charge in [-0.15, -0.1) is 0 Å². The molecule has 0 aromatic heterocycles. The van der Waals surface area contributed by atoms with Crippen molar-refractivity contribution in [1.82, 2.24) is 0 Å². The molecule has 2 aliphatic rings. The summed E-state index contributed by atoms with van der Waals surface area (Å²) >= 11 is 0. The predicted molar refractivity (Wildman–Crippen MR) is 92.8 cm³/mol. The van der Waals surface area contributed by atoms with Gasteiger partial charge in [0.2, 0.25) is 0 Å². The van der Waals surface area contributed by atoms with Gasteiger partial charge in [-0.25, -0.2) is 0 Å². The van der Waals surface area contributed by atoms with E-state index in [-0.39, 0.29) is 45.7 Å². The summed E-state index contributed by atoms with van der Waals surface area (Å²) < 4.78 is 6.38. The number of ether oxygens (including phenoxy) is 1. The average molecular weight is 332 g/mol. The Morgan fingerprint density at radius 1 is 1.21 bits per heavy atom. The second-order valence-corrected chi connectivity index (χ2v) is 8.63. The lowest BCUT2D eigenvalue weighted by atomic mass is 9.59. The average Bonchev–Trinajstić information content (AvgIpc) is 2.44. The zero-order chi connectivity index (χ0) is 17.9. The Morgan fingerprint density at radius 2 is 1.88 bits per heavy atom. The molecule has 2 N–H and O–H groups in total. The quantitative estimate of drug-likeness (QED) is 0.785. The van der Waals surface area contributed by atoms with Crippen LogP contribution in [0.2, 0.25) is 0 Å². The molecule has 4 nitrogen and oxygen atoms in total.